The lowest BCUT2D eigenvalue weighted by Crippen LogP contribution is -2.50. The van der Waals surface area contributed by atoms with E-state index in [1.165, 1.54) is 0 Å². The molecule has 3 aliphatic rings. The lowest BCUT2D eigenvalue weighted by molar-refractivity contribution is -0.150. The fraction of sp³-hybridized carbons (Fsp3) is 0.579. The van der Waals surface area contributed by atoms with Crippen molar-refractivity contribution in [3.05, 3.63) is 40.2 Å². The highest BCUT2D eigenvalue weighted by atomic mass is 19.4. The fourth-order valence-electron chi connectivity index (χ4n) is 4.39. The third kappa shape index (κ3) is 3.21. The molecule has 1 atom stereocenters. The maximum atomic E-state index is 13.0. The van der Waals surface area contributed by atoms with Crippen LogP contribution in [0.25, 0.3) is 0 Å². The van der Waals surface area contributed by atoms with Crippen molar-refractivity contribution < 1.29 is 27.8 Å². The zero-order chi connectivity index (χ0) is 20.1. The predicted molar refractivity (Wildman–Crippen MR) is 93.0 cm³/mol. The van der Waals surface area contributed by atoms with E-state index in [0.717, 1.165) is 12.3 Å². The number of piperidine rings is 1. The molecule has 0 saturated carbocycles. The minimum atomic E-state index is -4.47. The van der Waals surface area contributed by atoms with Crippen molar-refractivity contribution in [3.8, 4) is 0 Å². The summed E-state index contributed by atoms with van der Waals surface area (Å²) < 4.78 is 44.7. The molecular weight excluding hydrogens is 375 g/mol. The van der Waals surface area contributed by atoms with Gasteiger partial charge in [-0.25, -0.2) is 4.79 Å². The van der Waals surface area contributed by atoms with Crippen molar-refractivity contribution in [2.24, 2.45) is 0 Å². The largest absolute Gasteiger partial charge is 0.451 e. The Morgan fingerprint density at radius 1 is 1.36 bits per heavy atom. The lowest BCUT2D eigenvalue weighted by Gasteiger charge is -2.40. The van der Waals surface area contributed by atoms with Crippen LogP contribution in [0.4, 0.5) is 13.2 Å². The molecule has 9 heteroatoms. The van der Waals surface area contributed by atoms with Crippen molar-refractivity contribution in [1.82, 2.24) is 15.2 Å². The standard InChI is InChI=1S/C19H22F3N3O3/c1-11-15(18(28-17(11)27)3-5-23-6-4-18)16(26)25-7-2-14-12(10-25)8-13(9-24-14)19(20,21)22/h8-9,16,23,26H,2-7,10H2,1H3. The normalized spacial score (nSPS) is 23.7. The number of carbonyl (C=O) groups is 1. The molecular formula is C19H22F3N3O3. The molecule has 0 bridgehead atoms. The Hall–Kier alpha value is -1.97. The van der Waals surface area contributed by atoms with Crippen LogP contribution in [-0.4, -0.2) is 52.4 Å². The van der Waals surface area contributed by atoms with Crippen LogP contribution in [0.1, 0.15) is 36.6 Å². The zero-order valence-electron chi connectivity index (χ0n) is 15.5. The highest BCUT2D eigenvalue weighted by Crippen LogP contribution is 2.42. The number of aliphatic hydroxyl groups excluding tert-OH is 1. The maximum Gasteiger partial charge on any atom is 0.417 e. The van der Waals surface area contributed by atoms with Gasteiger partial charge < -0.3 is 15.2 Å². The molecule has 1 aromatic rings. The third-order valence-corrected chi connectivity index (χ3v) is 5.90. The van der Waals surface area contributed by atoms with Gasteiger partial charge in [0.15, 0.2) is 0 Å². The van der Waals surface area contributed by atoms with Gasteiger partial charge in [-0.05, 0) is 31.6 Å². The molecule has 28 heavy (non-hydrogen) atoms. The van der Waals surface area contributed by atoms with E-state index in [9.17, 15) is 23.1 Å². The molecule has 2 N–H and O–H groups in total. The molecule has 4 rings (SSSR count). The van der Waals surface area contributed by atoms with Crippen LogP contribution >= 0.6 is 0 Å². The molecule has 1 aromatic heterocycles. The van der Waals surface area contributed by atoms with Gasteiger partial charge in [0.25, 0.3) is 0 Å². The smallest absolute Gasteiger partial charge is 0.417 e. The molecule has 3 aliphatic heterocycles. The summed E-state index contributed by atoms with van der Waals surface area (Å²) in [6.07, 6.45) is -3.15. The summed E-state index contributed by atoms with van der Waals surface area (Å²) in [6.45, 7) is 3.54. The van der Waals surface area contributed by atoms with E-state index in [-0.39, 0.29) is 6.54 Å². The first-order valence-electron chi connectivity index (χ1n) is 9.34. The molecule has 0 radical (unpaired) electrons. The summed E-state index contributed by atoms with van der Waals surface area (Å²) in [4.78, 5) is 17.9. The second kappa shape index (κ2) is 6.82. The van der Waals surface area contributed by atoms with E-state index in [0.29, 0.717) is 61.3 Å². The van der Waals surface area contributed by atoms with Crippen LogP contribution in [0.15, 0.2) is 23.4 Å². The van der Waals surface area contributed by atoms with Gasteiger partial charge in [0.05, 0.1) is 5.56 Å². The van der Waals surface area contributed by atoms with Crippen molar-refractivity contribution in [1.29, 1.82) is 0 Å². The van der Waals surface area contributed by atoms with Gasteiger partial charge >= 0.3 is 12.1 Å². The molecule has 0 aliphatic carbocycles. The van der Waals surface area contributed by atoms with E-state index in [4.69, 9.17) is 4.74 Å². The Labute approximate surface area is 160 Å². The molecule has 6 nitrogen and oxygen atoms in total. The second-order valence-electron chi connectivity index (χ2n) is 7.59. The molecule has 1 unspecified atom stereocenters. The number of nitrogens with one attached hydrogen (secondary N) is 1. The lowest BCUT2D eigenvalue weighted by atomic mass is 9.82. The molecule has 1 fully saturated rings. The minimum absolute atomic E-state index is 0.132. The number of rotatable bonds is 2. The molecule has 0 aromatic carbocycles. The summed E-state index contributed by atoms with van der Waals surface area (Å²) in [5, 5.41) is 14.3. The third-order valence-electron chi connectivity index (χ3n) is 5.90. The number of pyridine rings is 1. The van der Waals surface area contributed by atoms with E-state index in [1.807, 2.05) is 0 Å². The number of aromatic nitrogens is 1. The quantitative estimate of drug-likeness (QED) is 0.741. The van der Waals surface area contributed by atoms with Crippen LogP contribution in [0.3, 0.4) is 0 Å². The summed E-state index contributed by atoms with van der Waals surface area (Å²) in [6, 6.07) is 1.10. The first-order chi connectivity index (χ1) is 13.2. The van der Waals surface area contributed by atoms with Crippen LogP contribution < -0.4 is 5.32 Å². The Kier molecular flexibility index (Phi) is 4.71. The summed E-state index contributed by atoms with van der Waals surface area (Å²) in [7, 11) is 0. The number of hydrogen-bond acceptors (Lipinski definition) is 6. The van der Waals surface area contributed by atoms with Gasteiger partial charge in [-0.15, -0.1) is 0 Å². The van der Waals surface area contributed by atoms with Gasteiger partial charge in [-0.3, -0.25) is 9.88 Å². The van der Waals surface area contributed by atoms with E-state index in [1.54, 1.807) is 11.8 Å². The minimum Gasteiger partial charge on any atom is -0.451 e. The van der Waals surface area contributed by atoms with Gasteiger partial charge in [-0.1, -0.05) is 0 Å². The van der Waals surface area contributed by atoms with E-state index < -0.39 is 29.5 Å². The Morgan fingerprint density at radius 3 is 2.75 bits per heavy atom. The van der Waals surface area contributed by atoms with Crippen LogP contribution in [0.5, 0.6) is 0 Å². The number of carbonyl (C=O) groups excluding carboxylic acids is 1. The van der Waals surface area contributed by atoms with Crippen LogP contribution in [0, 0.1) is 0 Å². The van der Waals surface area contributed by atoms with Crippen molar-refractivity contribution >= 4 is 5.97 Å². The summed E-state index contributed by atoms with van der Waals surface area (Å²) in [5.41, 5.74) is 0.357. The Morgan fingerprint density at radius 2 is 2.07 bits per heavy atom. The molecule has 1 saturated heterocycles. The van der Waals surface area contributed by atoms with Crippen LogP contribution in [-0.2, 0) is 28.7 Å². The number of alkyl halides is 3. The first kappa shape index (κ1) is 19.4. The topological polar surface area (TPSA) is 74.7 Å². The number of ether oxygens (including phenoxy) is 1. The number of hydrogen-bond donors (Lipinski definition) is 2. The van der Waals surface area contributed by atoms with Crippen molar-refractivity contribution in [2.45, 2.75) is 50.7 Å². The highest BCUT2D eigenvalue weighted by Gasteiger charge is 2.50. The number of fused-ring (bicyclic) bond motifs is 1. The Balaban J connectivity index is 1.62. The average molecular weight is 397 g/mol. The number of esters is 1. The van der Waals surface area contributed by atoms with E-state index in [2.05, 4.69) is 10.3 Å². The second-order valence-corrected chi connectivity index (χ2v) is 7.59. The molecule has 0 amide bonds. The molecule has 4 heterocycles. The first-order valence-corrected chi connectivity index (χ1v) is 9.34. The van der Waals surface area contributed by atoms with E-state index >= 15 is 0 Å². The number of halogens is 3. The summed E-state index contributed by atoms with van der Waals surface area (Å²) >= 11 is 0. The summed E-state index contributed by atoms with van der Waals surface area (Å²) in [5.74, 6) is -0.436. The highest BCUT2D eigenvalue weighted by molar-refractivity contribution is 5.92. The fourth-order valence-corrected chi connectivity index (χ4v) is 4.39. The van der Waals surface area contributed by atoms with Gasteiger partial charge in [0.2, 0.25) is 0 Å². The molecule has 152 valence electrons. The predicted octanol–water partition coefficient (Wildman–Crippen LogP) is 1.77. The van der Waals surface area contributed by atoms with Gasteiger partial charge in [0, 0.05) is 55.4 Å². The SMILES string of the molecule is CC1=C(C(O)N2CCc3ncc(C(F)(F)F)cc3C2)C2(CCNCC2)OC1=O. The number of aliphatic hydroxyl groups is 1. The monoisotopic (exact) mass is 397 g/mol. The molecule has 1 spiro atoms. The average Bonchev–Trinajstić information content (AvgIpc) is 2.89. The van der Waals surface area contributed by atoms with Gasteiger partial charge in [-0.2, -0.15) is 13.2 Å². The van der Waals surface area contributed by atoms with Gasteiger partial charge in [0.1, 0.15) is 11.8 Å². The maximum absolute atomic E-state index is 13.0. The van der Waals surface area contributed by atoms with Crippen molar-refractivity contribution in [2.75, 3.05) is 19.6 Å². The zero-order valence-corrected chi connectivity index (χ0v) is 15.5. The van der Waals surface area contributed by atoms with Crippen molar-refractivity contribution in [3.63, 3.8) is 0 Å². The number of nitrogens with zero attached hydrogens (tertiary/aromatic N) is 2. The Bertz CT molecular complexity index is 831. The van der Waals surface area contributed by atoms with Crippen LogP contribution in [0.2, 0.25) is 0 Å².